The van der Waals surface area contributed by atoms with Crippen molar-refractivity contribution in [3.8, 4) is 11.3 Å². The monoisotopic (exact) mass is 336 g/mol. The number of benzene rings is 1. The highest BCUT2D eigenvalue weighted by Gasteiger charge is 2.26. The number of nitrogens with zero attached hydrogens (tertiary/aromatic N) is 2. The smallest absolute Gasteiger partial charge is 0.409 e. The third-order valence-electron chi connectivity index (χ3n) is 4.13. The predicted molar refractivity (Wildman–Crippen MR) is 83.2 cm³/mol. The van der Waals surface area contributed by atoms with Crippen molar-refractivity contribution in [2.24, 2.45) is 0 Å². The van der Waals surface area contributed by atoms with Crippen LogP contribution in [-0.2, 0) is 11.3 Å². The molecule has 0 aliphatic carbocycles. The van der Waals surface area contributed by atoms with Gasteiger partial charge in [-0.25, -0.2) is 13.6 Å². The Bertz CT molecular complexity index is 714. The fraction of sp³-hybridized carbons (Fsp3) is 0.375. The first-order valence-electron chi connectivity index (χ1n) is 7.63. The molecule has 2 heterocycles. The summed E-state index contributed by atoms with van der Waals surface area (Å²) in [5.41, 5.74) is 0.867. The average Bonchev–Trinajstić information content (AvgIpc) is 3.21. The lowest BCUT2D eigenvalue weighted by molar-refractivity contribution is 0.132. The highest BCUT2D eigenvalue weighted by molar-refractivity contribution is 5.67. The van der Waals surface area contributed by atoms with Crippen molar-refractivity contribution in [3.63, 3.8) is 0 Å². The molecule has 1 fully saturated rings. The molecule has 0 radical (unpaired) electrons. The van der Waals surface area contributed by atoms with Gasteiger partial charge in [-0.3, -0.25) is 5.10 Å². The van der Waals surface area contributed by atoms with E-state index in [9.17, 15) is 13.6 Å². The zero-order valence-corrected chi connectivity index (χ0v) is 13.2. The molecule has 0 spiro atoms. The average molecular weight is 336 g/mol. The molecule has 128 valence electrons. The van der Waals surface area contributed by atoms with E-state index in [-0.39, 0.29) is 17.7 Å². The molecule has 3 rings (SSSR count). The Morgan fingerprint density at radius 3 is 2.92 bits per heavy atom. The summed E-state index contributed by atoms with van der Waals surface area (Å²) in [6.45, 7) is 1.54. The number of H-pyrrole nitrogens is 1. The van der Waals surface area contributed by atoms with Crippen LogP contribution in [0.5, 0.6) is 0 Å². The third-order valence-corrected chi connectivity index (χ3v) is 4.13. The van der Waals surface area contributed by atoms with E-state index >= 15 is 0 Å². The van der Waals surface area contributed by atoms with Gasteiger partial charge in [0.05, 0.1) is 24.6 Å². The van der Waals surface area contributed by atoms with E-state index in [4.69, 9.17) is 4.74 Å². The third kappa shape index (κ3) is 3.23. The first-order chi connectivity index (χ1) is 11.6. The van der Waals surface area contributed by atoms with Crippen molar-refractivity contribution in [3.05, 3.63) is 41.6 Å². The van der Waals surface area contributed by atoms with Crippen LogP contribution in [0.15, 0.2) is 24.4 Å². The van der Waals surface area contributed by atoms with E-state index in [0.717, 1.165) is 6.42 Å². The molecule has 8 heteroatoms. The number of aromatic amines is 1. The molecular weight excluding hydrogens is 318 g/mol. The molecule has 6 nitrogen and oxygen atoms in total. The molecule has 0 bridgehead atoms. The second kappa shape index (κ2) is 6.96. The van der Waals surface area contributed by atoms with Crippen molar-refractivity contribution in [1.29, 1.82) is 0 Å². The molecule has 1 aromatic heterocycles. The molecule has 1 saturated heterocycles. The van der Waals surface area contributed by atoms with Gasteiger partial charge in [-0.1, -0.05) is 6.07 Å². The molecule has 0 unspecified atom stereocenters. The van der Waals surface area contributed by atoms with Crippen LogP contribution in [-0.4, -0.2) is 47.4 Å². The van der Waals surface area contributed by atoms with E-state index in [1.54, 1.807) is 11.1 Å². The Labute approximate surface area is 137 Å². The fourth-order valence-corrected chi connectivity index (χ4v) is 2.87. The van der Waals surface area contributed by atoms with Crippen LogP contribution in [0.3, 0.4) is 0 Å². The van der Waals surface area contributed by atoms with Gasteiger partial charge in [-0.2, -0.15) is 5.10 Å². The minimum atomic E-state index is -0.641. The number of carbonyl (C=O) groups is 1. The summed E-state index contributed by atoms with van der Waals surface area (Å²) in [5, 5.41) is 9.85. The summed E-state index contributed by atoms with van der Waals surface area (Å²) < 4.78 is 32.6. The van der Waals surface area contributed by atoms with Crippen LogP contribution in [0, 0.1) is 11.6 Å². The van der Waals surface area contributed by atoms with E-state index in [2.05, 4.69) is 15.5 Å². The minimum Gasteiger partial charge on any atom is -0.453 e. The summed E-state index contributed by atoms with van der Waals surface area (Å²) >= 11 is 0. The summed E-state index contributed by atoms with van der Waals surface area (Å²) in [4.78, 5) is 13.1. The van der Waals surface area contributed by atoms with Gasteiger partial charge in [0.1, 0.15) is 11.6 Å². The van der Waals surface area contributed by atoms with Gasteiger partial charge in [-0.15, -0.1) is 0 Å². The highest BCUT2D eigenvalue weighted by atomic mass is 19.1. The number of ether oxygens (including phenoxy) is 1. The SMILES string of the molecule is COC(=O)N1CC[C@H](NCc2cn[nH]c2-c2c(F)cccc2F)C1. The summed E-state index contributed by atoms with van der Waals surface area (Å²) in [6, 6.07) is 3.84. The maximum absolute atomic E-state index is 13.9. The Balaban J connectivity index is 1.68. The van der Waals surface area contributed by atoms with E-state index in [1.165, 1.54) is 25.3 Å². The molecule has 1 aliphatic rings. The maximum Gasteiger partial charge on any atom is 0.409 e. The van der Waals surface area contributed by atoms with Crippen molar-refractivity contribution in [2.45, 2.75) is 19.0 Å². The van der Waals surface area contributed by atoms with Crippen LogP contribution in [0.2, 0.25) is 0 Å². The molecule has 0 saturated carbocycles. The lowest BCUT2D eigenvalue weighted by Crippen LogP contribution is -2.34. The van der Waals surface area contributed by atoms with E-state index < -0.39 is 11.6 Å². The standard InChI is InChI=1S/C16H18F2N4O2/c1-24-16(23)22-6-5-11(9-22)19-7-10-8-20-21-15(10)14-12(17)3-2-4-13(14)18/h2-4,8,11,19H,5-7,9H2,1H3,(H,20,21)/t11-/m0/s1. The van der Waals surface area contributed by atoms with Crippen LogP contribution in [0.1, 0.15) is 12.0 Å². The van der Waals surface area contributed by atoms with Gasteiger partial charge >= 0.3 is 6.09 Å². The van der Waals surface area contributed by atoms with Crippen molar-refractivity contribution in [1.82, 2.24) is 20.4 Å². The summed E-state index contributed by atoms with van der Waals surface area (Å²) in [7, 11) is 1.35. The first kappa shape index (κ1) is 16.4. The Hall–Kier alpha value is -2.48. The number of hydrogen-bond acceptors (Lipinski definition) is 4. The largest absolute Gasteiger partial charge is 0.453 e. The quantitative estimate of drug-likeness (QED) is 0.899. The van der Waals surface area contributed by atoms with Gasteiger partial charge in [0.25, 0.3) is 0 Å². The van der Waals surface area contributed by atoms with Gasteiger partial charge < -0.3 is 15.0 Å². The van der Waals surface area contributed by atoms with Crippen LogP contribution >= 0.6 is 0 Å². The molecule has 24 heavy (non-hydrogen) atoms. The fourth-order valence-electron chi connectivity index (χ4n) is 2.87. The van der Waals surface area contributed by atoms with Crippen molar-refractivity contribution < 1.29 is 18.3 Å². The highest BCUT2D eigenvalue weighted by Crippen LogP contribution is 2.27. The number of nitrogens with one attached hydrogen (secondary N) is 2. The maximum atomic E-state index is 13.9. The van der Waals surface area contributed by atoms with Gasteiger partial charge in [-0.05, 0) is 18.6 Å². The number of hydrogen-bond donors (Lipinski definition) is 2. The number of methoxy groups -OCH3 is 1. The van der Waals surface area contributed by atoms with Crippen LogP contribution < -0.4 is 5.32 Å². The summed E-state index contributed by atoms with van der Waals surface area (Å²) in [6.07, 6.45) is 1.98. The van der Waals surface area contributed by atoms with E-state index in [0.29, 0.717) is 30.9 Å². The molecule has 1 aromatic carbocycles. The molecule has 1 aliphatic heterocycles. The first-order valence-corrected chi connectivity index (χ1v) is 7.63. The zero-order valence-electron chi connectivity index (χ0n) is 13.2. The minimum absolute atomic E-state index is 0.0947. The number of rotatable bonds is 4. The van der Waals surface area contributed by atoms with Gasteiger partial charge in [0.15, 0.2) is 0 Å². The molecule has 1 amide bonds. The van der Waals surface area contributed by atoms with E-state index in [1.807, 2.05) is 0 Å². The number of halogens is 2. The Kier molecular flexibility index (Phi) is 4.75. The lowest BCUT2D eigenvalue weighted by atomic mass is 10.1. The Morgan fingerprint density at radius 2 is 2.21 bits per heavy atom. The second-order valence-corrected chi connectivity index (χ2v) is 5.65. The van der Waals surface area contributed by atoms with Crippen LogP contribution in [0.4, 0.5) is 13.6 Å². The Morgan fingerprint density at radius 1 is 1.46 bits per heavy atom. The number of amides is 1. The molecule has 2 aromatic rings. The number of carbonyl (C=O) groups excluding carboxylic acids is 1. The van der Waals surface area contributed by atoms with Crippen LogP contribution in [0.25, 0.3) is 11.3 Å². The number of likely N-dealkylation sites (tertiary alicyclic amines) is 1. The number of aromatic nitrogens is 2. The zero-order chi connectivity index (χ0) is 17.1. The molecule has 1 atom stereocenters. The van der Waals surface area contributed by atoms with Crippen molar-refractivity contribution in [2.75, 3.05) is 20.2 Å². The molecule has 2 N–H and O–H groups in total. The predicted octanol–water partition coefficient (Wildman–Crippen LogP) is 2.29. The van der Waals surface area contributed by atoms with Gasteiger partial charge in [0, 0.05) is 31.2 Å². The second-order valence-electron chi connectivity index (χ2n) is 5.65. The summed E-state index contributed by atoms with van der Waals surface area (Å²) in [5.74, 6) is -1.28. The van der Waals surface area contributed by atoms with Crippen molar-refractivity contribution >= 4 is 6.09 Å². The topological polar surface area (TPSA) is 70.2 Å². The normalized spacial score (nSPS) is 17.3. The van der Waals surface area contributed by atoms with Gasteiger partial charge in [0.2, 0.25) is 0 Å². The lowest BCUT2D eigenvalue weighted by Gasteiger charge is -2.15. The molecular formula is C16H18F2N4O2.